The minimum absolute atomic E-state index is 0.0354. The van der Waals surface area contributed by atoms with Crippen LogP contribution in [0, 0.1) is 0 Å². The highest BCUT2D eigenvalue weighted by molar-refractivity contribution is 7.90. The number of fused-ring (bicyclic) bond motifs is 1. The SMILES string of the molecule is C=c1ccc2c(c1)CC=C(S(=O)(=O)O)C=2. The smallest absolute Gasteiger partial charge is 0.282 e. The standard InChI is InChI=1S/C11H10O3S/c1-8-2-3-10-7-11(15(12,13)14)5-4-9(10)6-8/h2-3,5-7H,1,4H2,(H,12,13,14). The van der Waals surface area contributed by atoms with E-state index in [9.17, 15) is 8.42 Å². The summed E-state index contributed by atoms with van der Waals surface area (Å²) in [6.07, 6.45) is 3.47. The molecular weight excluding hydrogens is 212 g/mol. The first-order valence-electron chi connectivity index (χ1n) is 4.44. The Kier molecular flexibility index (Phi) is 2.25. The van der Waals surface area contributed by atoms with Crippen LogP contribution >= 0.6 is 0 Å². The van der Waals surface area contributed by atoms with E-state index in [1.807, 2.05) is 12.1 Å². The van der Waals surface area contributed by atoms with Gasteiger partial charge in [0.1, 0.15) is 0 Å². The van der Waals surface area contributed by atoms with E-state index in [0.717, 1.165) is 16.0 Å². The van der Waals surface area contributed by atoms with Crippen molar-refractivity contribution in [1.82, 2.24) is 0 Å². The number of hydrogen-bond donors (Lipinski definition) is 1. The maximum atomic E-state index is 10.9. The van der Waals surface area contributed by atoms with E-state index < -0.39 is 10.1 Å². The fourth-order valence-electron chi connectivity index (χ4n) is 1.58. The molecule has 1 aromatic carbocycles. The predicted molar refractivity (Wildman–Crippen MR) is 59.0 cm³/mol. The van der Waals surface area contributed by atoms with E-state index >= 15 is 0 Å². The molecule has 1 aliphatic rings. The van der Waals surface area contributed by atoms with Gasteiger partial charge < -0.3 is 0 Å². The summed E-state index contributed by atoms with van der Waals surface area (Å²) in [5.74, 6) is 0. The van der Waals surface area contributed by atoms with E-state index in [1.165, 1.54) is 12.2 Å². The van der Waals surface area contributed by atoms with Crippen molar-refractivity contribution in [3.63, 3.8) is 0 Å². The lowest BCUT2D eigenvalue weighted by Crippen LogP contribution is -2.18. The third kappa shape index (κ3) is 2.00. The molecular formula is C11H10O3S. The van der Waals surface area contributed by atoms with Gasteiger partial charge in [0.15, 0.2) is 0 Å². The molecule has 0 radical (unpaired) electrons. The van der Waals surface area contributed by atoms with Gasteiger partial charge in [0, 0.05) is 0 Å². The molecule has 0 aliphatic heterocycles. The molecule has 1 aliphatic carbocycles. The molecule has 2 rings (SSSR count). The fourth-order valence-corrected chi connectivity index (χ4v) is 2.15. The van der Waals surface area contributed by atoms with Gasteiger partial charge in [-0.2, -0.15) is 8.42 Å². The molecule has 0 bridgehead atoms. The monoisotopic (exact) mass is 222 g/mol. The highest BCUT2D eigenvalue weighted by Gasteiger charge is 2.13. The Hall–Kier alpha value is -1.39. The van der Waals surface area contributed by atoms with Crippen molar-refractivity contribution in [2.24, 2.45) is 0 Å². The highest BCUT2D eigenvalue weighted by atomic mass is 32.2. The van der Waals surface area contributed by atoms with E-state index in [0.29, 0.717) is 6.42 Å². The Morgan fingerprint density at radius 2 is 2.07 bits per heavy atom. The third-order valence-corrected chi connectivity index (χ3v) is 3.21. The molecule has 78 valence electrons. The summed E-state index contributed by atoms with van der Waals surface area (Å²) < 4.78 is 30.7. The van der Waals surface area contributed by atoms with Crippen molar-refractivity contribution in [2.75, 3.05) is 0 Å². The van der Waals surface area contributed by atoms with Crippen LogP contribution in [0.5, 0.6) is 0 Å². The van der Waals surface area contributed by atoms with Crippen molar-refractivity contribution in [2.45, 2.75) is 6.42 Å². The summed E-state index contributed by atoms with van der Waals surface area (Å²) in [6, 6.07) is 5.52. The Labute approximate surface area is 87.8 Å². The number of hydrogen-bond acceptors (Lipinski definition) is 2. The van der Waals surface area contributed by atoms with E-state index in [4.69, 9.17) is 4.55 Å². The van der Waals surface area contributed by atoms with Crippen molar-refractivity contribution in [3.05, 3.63) is 45.2 Å². The second kappa shape index (κ2) is 3.32. The summed E-state index contributed by atoms with van der Waals surface area (Å²) in [4.78, 5) is -0.0354. The van der Waals surface area contributed by atoms with Crippen molar-refractivity contribution >= 4 is 22.8 Å². The van der Waals surface area contributed by atoms with Gasteiger partial charge in [0.25, 0.3) is 10.1 Å². The zero-order chi connectivity index (χ0) is 11.1. The van der Waals surface area contributed by atoms with Crippen LogP contribution in [0.25, 0.3) is 12.7 Å². The summed E-state index contributed by atoms with van der Waals surface area (Å²) in [6.45, 7) is 3.79. The van der Waals surface area contributed by atoms with Crippen molar-refractivity contribution in [1.29, 1.82) is 0 Å². The van der Waals surface area contributed by atoms with Gasteiger partial charge in [-0.3, -0.25) is 4.55 Å². The Bertz CT molecular complexity index is 639. The van der Waals surface area contributed by atoms with Crippen LogP contribution < -0.4 is 10.4 Å². The van der Waals surface area contributed by atoms with Crippen LogP contribution in [-0.4, -0.2) is 13.0 Å². The summed E-state index contributed by atoms with van der Waals surface area (Å²) >= 11 is 0. The van der Waals surface area contributed by atoms with Crippen LogP contribution in [0.4, 0.5) is 0 Å². The lowest BCUT2D eigenvalue weighted by Gasteiger charge is -2.07. The Morgan fingerprint density at radius 3 is 2.73 bits per heavy atom. The number of rotatable bonds is 1. The molecule has 15 heavy (non-hydrogen) atoms. The van der Waals surface area contributed by atoms with Gasteiger partial charge in [-0.15, -0.1) is 0 Å². The van der Waals surface area contributed by atoms with Crippen LogP contribution in [0.15, 0.2) is 29.2 Å². The average molecular weight is 222 g/mol. The van der Waals surface area contributed by atoms with Crippen LogP contribution in [0.2, 0.25) is 0 Å². The molecule has 0 unspecified atom stereocenters. The van der Waals surface area contributed by atoms with Crippen LogP contribution in [-0.2, 0) is 16.5 Å². The van der Waals surface area contributed by atoms with Gasteiger partial charge in [0.2, 0.25) is 0 Å². The van der Waals surface area contributed by atoms with E-state index in [1.54, 1.807) is 6.07 Å². The molecule has 0 amide bonds. The molecule has 1 aromatic rings. The molecule has 0 atom stereocenters. The first kappa shape index (κ1) is 10.1. The molecule has 4 heteroatoms. The highest BCUT2D eigenvalue weighted by Crippen LogP contribution is 2.11. The van der Waals surface area contributed by atoms with Gasteiger partial charge in [0.05, 0.1) is 4.91 Å². The maximum Gasteiger partial charge on any atom is 0.294 e. The first-order chi connectivity index (χ1) is 6.97. The van der Waals surface area contributed by atoms with Crippen LogP contribution in [0.1, 0.15) is 5.56 Å². The average Bonchev–Trinajstić information content (AvgIpc) is 2.15. The normalized spacial score (nSPS) is 15.1. The topological polar surface area (TPSA) is 54.4 Å². The minimum atomic E-state index is -4.09. The van der Waals surface area contributed by atoms with E-state index in [-0.39, 0.29) is 4.91 Å². The first-order valence-corrected chi connectivity index (χ1v) is 5.88. The summed E-state index contributed by atoms with van der Waals surface area (Å²) in [5, 5.41) is 1.71. The molecule has 0 spiro atoms. The second-order valence-electron chi connectivity index (χ2n) is 3.46. The van der Waals surface area contributed by atoms with Crippen molar-refractivity contribution < 1.29 is 13.0 Å². The lowest BCUT2D eigenvalue weighted by molar-refractivity contribution is 0.492. The van der Waals surface area contributed by atoms with Gasteiger partial charge in [-0.05, 0) is 28.5 Å². The second-order valence-corrected chi connectivity index (χ2v) is 4.88. The number of allylic oxidation sites excluding steroid dienone is 2. The molecule has 1 N–H and O–H groups in total. The summed E-state index contributed by atoms with van der Waals surface area (Å²) in [7, 11) is -4.09. The molecule has 0 fully saturated rings. The van der Waals surface area contributed by atoms with E-state index in [2.05, 4.69) is 6.58 Å². The quantitative estimate of drug-likeness (QED) is 0.691. The lowest BCUT2D eigenvalue weighted by atomic mass is 10.0. The zero-order valence-corrected chi connectivity index (χ0v) is 8.79. The Morgan fingerprint density at radius 1 is 1.33 bits per heavy atom. The zero-order valence-electron chi connectivity index (χ0n) is 7.97. The molecule has 0 aromatic heterocycles. The Balaban J connectivity index is 2.65. The fraction of sp³-hybridized carbons (Fsp3) is 0.0909. The van der Waals surface area contributed by atoms with Gasteiger partial charge in [-0.1, -0.05) is 30.9 Å². The molecule has 0 saturated carbocycles. The van der Waals surface area contributed by atoms with Crippen molar-refractivity contribution in [3.8, 4) is 0 Å². The molecule has 0 heterocycles. The van der Waals surface area contributed by atoms with Crippen LogP contribution in [0.3, 0.4) is 0 Å². The van der Waals surface area contributed by atoms with Gasteiger partial charge in [-0.25, -0.2) is 0 Å². The summed E-state index contributed by atoms with van der Waals surface area (Å²) in [5.41, 5.74) is 1.02. The number of benzene rings is 1. The maximum absolute atomic E-state index is 10.9. The minimum Gasteiger partial charge on any atom is -0.282 e. The molecule has 3 nitrogen and oxygen atoms in total. The third-order valence-electron chi connectivity index (χ3n) is 2.33. The molecule has 0 saturated heterocycles. The largest absolute Gasteiger partial charge is 0.294 e. The van der Waals surface area contributed by atoms with Gasteiger partial charge >= 0.3 is 0 Å². The predicted octanol–water partition coefficient (Wildman–Crippen LogP) is 0.205.